The standard InChI is InChI=1S/C36H39F3N4O5/c1-22(42-32(44)28-15-27(17-40-18-28)24-11-13-43(14-12-24)33(45)29-20-47-21-29)23-5-7-25(8-6-23)31-16-30(36(37,38)39)10-9-26(31)19-41-34(46)48-35(2,3)4/h5-11,15-18,22,29H,12-14,19-21H2,1-4H3,(H,41,46)(H,42,44)/t22-/m1/s1. The van der Waals surface area contributed by atoms with Gasteiger partial charge < -0.3 is 25.0 Å². The molecule has 9 nitrogen and oxygen atoms in total. The summed E-state index contributed by atoms with van der Waals surface area (Å²) in [5.41, 5.74) is 2.74. The van der Waals surface area contributed by atoms with E-state index in [1.807, 2.05) is 17.9 Å². The Labute approximate surface area is 277 Å². The van der Waals surface area contributed by atoms with Crippen LogP contribution in [0.3, 0.4) is 0 Å². The van der Waals surface area contributed by atoms with Crippen molar-refractivity contribution < 1.29 is 37.0 Å². The van der Waals surface area contributed by atoms with Gasteiger partial charge in [0, 0.05) is 32.0 Å². The monoisotopic (exact) mass is 664 g/mol. The van der Waals surface area contributed by atoms with Gasteiger partial charge in [-0.15, -0.1) is 0 Å². The zero-order valence-electron chi connectivity index (χ0n) is 27.3. The first kappa shape index (κ1) is 34.6. The molecule has 1 atom stereocenters. The molecule has 3 amide bonds. The number of nitrogens with zero attached hydrogens (tertiary/aromatic N) is 2. The summed E-state index contributed by atoms with van der Waals surface area (Å²) in [6, 6.07) is 11.6. The molecule has 254 valence electrons. The Kier molecular flexibility index (Phi) is 10.2. The first-order valence-electron chi connectivity index (χ1n) is 15.8. The maximum atomic E-state index is 13.6. The van der Waals surface area contributed by atoms with Crippen LogP contribution < -0.4 is 10.6 Å². The maximum absolute atomic E-state index is 13.6. The SMILES string of the molecule is C[C@@H](NC(=O)c1cncc(C2=CCN(C(=O)C3COC3)CC2)c1)c1ccc(-c2cc(C(F)(F)F)ccc2CNC(=O)OC(C)(C)C)cc1. The number of carbonyl (C=O) groups is 3. The highest BCUT2D eigenvalue weighted by molar-refractivity contribution is 5.95. The van der Waals surface area contributed by atoms with Gasteiger partial charge in [0.2, 0.25) is 5.91 Å². The Morgan fingerprint density at radius 1 is 1.02 bits per heavy atom. The van der Waals surface area contributed by atoms with Crippen LogP contribution in [-0.4, -0.2) is 59.7 Å². The van der Waals surface area contributed by atoms with Gasteiger partial charge >= 0.3 is 12.3 Å². The lowest BCUT2D eigenvalue weighted by Crippen LogP contribution is -2.46. The van der Waals surface area contributed by atoms with Crippen LogP contribution in [0.15, 0.2) is 67.0 Å². The third-order valence-corrected chi connectivity index (χ3v) is 8.21. The lowest BCUT2D eigenvalue weighted by atomic mass is 9.95. The molecule has 3 heterocycles. The molecule has 2 N–H and O–H groups in total. The van der Waals surface area contributed by atoms with Crippen molar-refractivity contribution in [3.05, 3.63) is 94.8 Å². The van der Waals surface area contributed by atoms with Gasteiger partial charge in [0.15, 0.2) is 0 Å². The Morgan fingerprint density at radius 3 is 2.35 bits per heavy atom. The fourth-order valence-corrected chi connectivity index (χ4v) is 5.48. The van der Waals surface area contributed by atoms with E-state index in [1.165, 1.54) is 12.3 Å². The third-order valence-electron chi connectivity index (χ3n) is 8.21. The third kappa shape index (κ3) is 8.60. The van der Waals surface area contributed by atoms with Crippen molar-refractivity contribution in [2.75, 3.05) is 26.3 Å². The van der Waals surface area contributed by atoms with Crippen molar-refractivity contribution in [1.29, 1.82) is 0 Å². The highest BCUT2D eigenvalue weighted by Gasteiger charge is 2.32. The number of alkyl carbamates (subject to hydrolysis) is 1. The van der Waals surface area contributed by atoms with Crippen molar-refractivity contribution in [2.24, 2.45) is 5.92 Å². The number of rotatable bonds is 8. The second-order valence-electron chi connectivity index (χ2n) is 13.0. The Morgan fingerprint density at radius 2 is 1.75 bits per heavy atom. The molecule has 0 aliphatic carbocycles. The molecule has 3 aromatic rings. The minimum absolute atomic E-state index is 0.0348. The molecule has 0 spiro atoms. The van der Waals surface area contributed by atoms with Crippen LogP contribution in [0.5, 0.6) is 0 Å². The van der Waals surface area contributed by atoms with Crippen LogP contribution in [0.1, 0.15) is 72.8 Å². The molecular weight excluding hydrogens is 625 g/mol. The van der Waals surface area contributed by atoms with Crippen molar-refractivity contribution in [3.8, 4) is 11.1 Å². The van der Waals surface area contributed by atoms with Crippen LogP contribution in [0.4, 0.5) is 18.0 Å². The van der Waals surface area contributed by atoms with E-state index >= 15 is 0 Å². The number of benzene rings is 2. The van der Waals surface area contributed by atoms with Gasteiger partial charge in [-0.3, -0.25) is 14.6 Å². The normalized spacial score (nSPS) is 16.0. The molecular formula is C36H39F3N4O5. The summed E-state index contributed by atoms with van der Waals surface area (Å²) >= 11 is 0. The molecule has 0 radical (unpaired) electrons. The summed E-state index contributed by atoms with van der Waals surface area (Å²) in [6.07, 6.45) is 0.613. The number of hydrogen-bond donors (Lipinski definition) is 2. The highest BCUT2D eigenvalue weighted by atomic mass is 19.4. The molecule has 0 saturated carbocycles. The number of halogens is 3. The maximum Gasteiger partial charge on any atom is 0.416 e. The topological polar surface area (TPSA) is 110 Å². The van der Waals surface area contributed by atoms with Gasteiger partial charge in [0.1, 0.15) is 5.60 Å². The number of hydrogen-bond acceptors (Lipinski definition) is 6. The quantitative estimate of drug-likeness (QED) is 0.283. The van der Waals surface area contributed by atoms with Gasteiger partial charge in [-0.05, 0) is 85.7 Å². The predicted molar refractivity (Wildman–Crippen MR) is 174 cm³/mol. The van der Waals surface area contributed by atoms with Crippen LogP contribution in [0, 0.1) is 5.92 Å². The largest absolute Gasteiger partial charge is 0.444 e. The van der Waals surface area contributed by atoms with Crippen molar-refractivity contribution >= 4 is 23.5 Å². The molecule has 1 saturated heterocycles. The summed E-state index contributed by atoms with van der Waals surface area (Å²) in [7, 11) is 0. The zero-order chi connectivity index (χ0) is 34.6. The number of aromatic nitrogens is 1. The molecule has 1 fully saturated rings. The molecule has 0 unspecified atom stereocenters. The molecule has 2 aliphatic rings. The van der Waals surface area contributed by atoms with Gasteiger partial charge in [-0.25, -0.2) is 4.79 Å². The van der Waals surface area contributed by atoms with E-state index in [9.17, 15) is 27.6 Å². The minimum Gasteiger partial charge on any atom is -0.444 e. The van der Waals surface area contributed by atoms with Gasteiger partial charge in [0.25, 0.3) is 5.91 Å². The highest BCUT2D eigenvalue weighted by Crippen LogP contribution is 2.35. The summed E-state index contributed by atoms with van der Waals surface area (Å²) in [5, 5.41) is 5.58. The Hall–Kier alpha value is -4.71. The summed E-state index contributed by atoms with van der Waals surface area (Å²) in [4.78, 5) is 44.0. The van der Waals surface area contributed by atoms with E-state index in [0.717, 1.165) is 28.8 Å². The fraction of sp³-hybridized carbons (Fsp3) is 0.389. The van der Waals surface area contributed by atoms with Gasteiger partial charge in [0.05, 0.1) is 36.3 Å². The zero-order valence-corrected chi connectivity index (χ0v) is 27.3. The number of carbonyl (C=O) groups excluding carboxylic acids is 3. The van der Waals surface area contributed by atoms with Crippen molar-refractivity contribution in [3.63, 3.8) is 0 Å². The number of ether oxygens (including phenoxy) is 2. The Bertz CT molecular complexity index is 1690. The molecule has 12 heteroatoms. The van der Waals surface area contributed by atoms with E-state index in [2.05, 4.69) is 15.6 Å². The van der Waals surface area contributed by atoms with Gasteiger partial charge in [-0.2, -0.15) is 13.2 Å². The second kappa shape index (κ2) is 14.2. The van der Waals surface area contributed by atoms with Crippen LogP contribution in [-0.2, 0) is 27.0 Å². The van der Waals surface area contributed by atoms with E-state index in [0.29, 0.717) is 55.0 Å². The minimum atomic E-state index is -4.55. The first-order chi connectivity index (χ1) is 22.7. The summed E-state index contributed by atoms with van der Waals surface area (Å²) in [5.74, 6) is -0.277. The average Bonchev–Trinajstić information content (AvgIpc) is 3.02. The van der Waals surface area contributed by atoms with E-state index in [1.54, 1.807) is 57.3 Å². The van der Waals surface area contributed by atoms with Crippen LogP contribution >= 0.6 is 0 Å². The molecule has 2 aromatic carbocycles. The predicted octanol–water partition coefficient (Wildman–Crippen LogP) is 6.55. The fourth-order valence-electron chi connectivity index (χ4n) is 5.48. The summed E-state index contributed by atoms with van der Waals surface area (Å²) in [6.45, 7) is 8.97. The van der Waals surface area contributed by atoms with Crippen LogP contribution in [0.25, 0.3) is 16.7 Å². The van der Waals surface area contributed by atoms with Gasteiger partial charge in [-0.1, -0.05) is 36.4 Å². The second-order valence-corrected chi connectivity index (χ2v) is 13.0. The molecule has 0 bridgehead atoms. The molecule has 48 heavy (non-hydrogen) atoms. The lowest BCUT2D eigenvalue weighted by molar-refractivity contribution is -0.149. The van der Waals surface area contributed by atoms with Crippen molar-refractivity contribution in [2.45, 2.75) is 58.5 Å². The lowest BCUT2D eigenvalue weighted by Gasteiger charge is -2.33. The van der Waals surface area contributed by atoms with Crippen LogP contribution in [0.2, 0.25) is 0 Å². The first-order valence-corrected chi connectivity index (χ1v) is 15.8. The molecule has 2 aliphatic heterocycles. The smallest absolute Gasteiger partial charge is 0.416 e. The average molecular weight is 665 g/mol. The number of nitrogens with one attached hydrogen (secondary N) is 2. The van der Waals surface area contributed by atoms with E-state index in [4.69, 9.17) is 9.47 Å². The molecule has 5 rings (SSSR count). The number of alkyl halides is 3. The van der Waals surface area contributed by atoms with E-state index in [-0.39, 0.29) is 24.3 Å². The van der Waals surface area contributed by atoms with Crippen molar-refractivity contribution in [1.82, 2.24) is 20.5 Å². The summed E-state index contributed by atoms with van der Waals surface area (Å²) < 4.78 is 51.2. The molecule has 1 aromatic heterocycles. The number of amides is 3. The number of pyridine rings is 1. The Balaban J connectivity index is 1.26. The van der Waals surface area contributed by atoms with E-state index < -0.39 is 29.5 Å².